The third-order valence-electron chi connectivity index (χ3n) is 3.15. The van der Waals surface area contributed by atoms with Crippen LogP contribution in [0.1, 0.15) is 32.1 Å². The van der Waals surface area contributed by atoms with Gasteiger partial charge in [0, 0.05) is 19.6 Å². The summed E-state index contributed by atoms with van der Waals surface area (Å²) in [6, 6.07) is 0. The average molecular weight is 212 g/mol. The van der Waals surface area contributed by atoms with Gasteiger partial charge in [-0.3, -0.25) is 0 Å². The van der Waals surface area contributed by atoms with Crippen LogP contribution in [0.5, 0.6) is 0 Å². The van der Waals surface area contributed by atoms with E-state index in [1.54, 1.807) is 0 Å². The van der Waals surface area contributed by atoms with Crippen molar-refractivity contribution in [3.63, 3.8) is 0 Å². The topological polar surface area (TPSA) is 41.6 Å². The smallest absolute Gasteiger partial charge is 0.410 e. The van der Waals surface area contributed by atoms with E-state index in [1.165, 1.54) is 12.8 Å². The van der Waals surface area contributed by atoms with Gasteiger partial charge < -0.3 is 15.0 Å². The van der Waals surface area contributed by atoms with E-state index in [9.17, 15) is 4.79 Å². The molecule has 1 N–H and O–H groups in total. The molecule has 4 heteroatoms. The monoisotopic (exact) mass is 212 g/mol. The van der Waals surface area contributed by atoms with Crippen molar-refractivity contribution >= 4 is 6.09 Å². The average Bonchev–Trinajstić information content (AvgIpc) is 2.58. The molecule has 0 radical (unpaired) electrons. The minimum absolute atomic E-state index is 0.0979. The number of rotatable bonds is 1. The summed E-state index contributed by atoms with van der Waals surface area (Å²) in [5.74, 6) is 0. The van der Waals surface area contributed by atoms with Crippen molar-refractivity contribution < 1.29 is 9.53 Å². The first kappa shape index (κ1) is 10.7. The van der Waals surface area contributed by atoms with E-state index in [1.807, 2.05) is 4.90 Å². The van der Waals surface area contributed by atoms with Crippen molar-refractivity contribution in [1.82, 2.24) is 10.2 Å². The van der Waals surface area contributed by atoms with Gasteiger partial charge in [-0.15, -0.1) is 0 Å². The number of nitrogens with zero attached hydrogens (tertiary/aromatic N) is 1. The van der Waals surface area contributed by atoms with E-state index in [0.29, 0.717) is 0 Å². The maximum Gasteiger partial charge on any atom is 0.410 e. The van der Waals surface area contributed by atoms with Gasteiger partial charge in [0.1, 0.15) is 6.10 Å². The maximum absolute atomic E-state index is 11.8. The van der Waals surface area contributed by atoms with Crippen LogP contribution in [0.25, 0.3) is 0 Å². The Hall–Kier alpha value is -0.770. The molecule has 0 aromatic rings. The van der Waals surface area contributed by atoms with Crippen LogP contribution in [0.4, 0.5) is 4.79 Å². The number of likely N-dealkylation sites (tertiary alicyclic amines) is 1. The normalized spacial score (nSPS) is 27.5. The van der Waals surface area contributed by atoms with Crippen LogP contribution in [0.15, 0.2) is 0 Å². The zero-order valence-corrected chi connectivity index (χ0v) is 9.21. The summed E-state index contributed by atoms with van der Waals surface area (Å²) >= 11 is 0. The summed E-state index contributed by atoms with van der Waals surface area (Å²) in [4.78, 5) is 13.6. The number of carbonyl (C=O) groups excluding carboxylic acids is 1. The lowest BCUT2D eigenvalue weighted by Crippen LogP contribution is -2.35. The molecule has 0 aliphatic carbocycles. The SMILES string of the molecule is O=C(O[C@@H]1CCNC1)N1CCCCCC1. The van der Waals surface area contributed by atoms with E-state index in [-0.39, 0.29) is 12.2 Å². The third kappa shape index (κ3) is 3.09. The molecule has 0 aromatic heterocycles. The predicted molar refractivity (Wildman–Crippen MR) is 57.8 cm³/mol. The molecule has 0 bridgehead atoms. The van der Waals surface area contributed by atoms with Crippen molar-refractivity contribution in [2.45, 2.75) is 38.2 Å². The second-order valence-corrected chi connectivity index (χ2v) is 4.40. The molecule has 1 amide bonds. The highest BCUT2D eigenvalue weighted by atomic mass is 16.6. The summed E-state index contributed by atoms with van der Waals surface area (Å²) in [5.41, 5.74) is 0. The Morgan fingerprint density at radius 2 is 1.93 bits per heavy atom. The van der Waals surface area contributed by atoms with Crippen molar-refractivity contribution in [3.8, 4) is 0 Å². The fourth-order valence-corrected chi connectivity index (χ4v) is 2.20. The Balaban J connectivity index is 1.77. The van der Waals surface area contributed by atoms with Crippen LogP contribution in [-0.2, 0) is 4.74 Å². The largest absolute Gasteiger partial charge is 0.445 e. The number of carbonyl (C=O) groups is 1. The van der Waals surface area contributed by atoms with Crippen molar-refractivity contribution in [1.29, 1.82) is 0 Å². The molecule has 0 unspecified atom stereocenters. The quantitative estimate of drug-likeness (QED) is 0.713. The van der Waals surface area contributed by atoms with Crippen LogP contribution < -0.4 is 5.32 Å². The summed E-state index contributed by atoms with van der Waals surface area (Å²) in [7, 11) is 0. The molecule has 2 rings (SSSR count). The zero-order chi connectivity index (χ0) is 10.5. The van der Waals surface area contributed by atoms with Gasteiger partial charge in [-0.1, -0.05) is 12.8 Å². The Labute approximate surface area is 91.0 Å². The molecule has 0 saturated carbocycles. The number of nitrogens with one attached hydrogen (secondary N) is 1. The van der Waals surface area contributed by atoms with Crippen LogP contribution in [0, 0.1) is 0 Å². The van der Waals surface area contributed by atoms with Crippen molar-refractivity contribution in [2.24, 2.45) is 0 Å². The second-order valence-electron chi connectivity index (χ2n) is 4.40. The van der Waals surface area contributed by atoms with Crippen LogP contribution in [-0.4, -0.2) is 43.3 Å². The van der Waals surface area contributed by atoms with Crippen molar-refractivity contribution in [3.05, 3.63) is 0 Å². The first-order chi connectivity index (χ1) is 7.36. The van der Waals surface area contributed by atoms with Gasteiger partial charge in [-0.2, -0.15) is 0 Å². The van der Waals surface area contributed by atoms with Crippen LogP contribution >= 0.6 is 0 Å². The van der Waals surface area contributed by atoms with Gasteiger partial charge >= 0.3 is 6.09 Å². The van der Waals surface area contributed by atoms with E-state index in [0.717, 1.165) is 45.4 Å². The molecule has 2 aliphatic heterocycles. The summed E-state index contributed by atoms with van der Waals surface area (Å²) < 4.78 is 5.43. The van der Waals surface area contributed by atoms with Gasteiger partial charge in [-0.25, -0.2) is 4.79 Å². The molecule has 15 heavy (non-hydrogen) atoms. The van der Waals surface area contributed by atoms with Gasteiger partial charge in [0.15, 0.2) is 0 Å². The van der Waals surface area contributed by atoms with Gasteiger partial charge in [0.25, 0.3) is 0 Å². The fraction of sp³-hybridized carbons (Fsp3) is 0.909. The van der Waals surface area contributed by atoms with Gasteiger partial charge in [-0.05, 0) is 25.8 Å². The Morgan fingerprint density at radius 1 is 1.20 bits per heavy atom. The molecular formula is C11H20N2O2. The Bertz CT molecular complexity index is 207. The molecule has 2 saturated heterocycles. The van der Waals surface area contributed by atoms with E-state index < -0.39 is 0 Å². The standard InChI is InChI=1S/C11H20N2O2/c14-11(15-10-5-6-12-9-10)13-7-3-1-2-4-8-13/h10,12H,1-9H2/t10-/m1/s1. The molecule has 2 fully saturated rings. The molecule has 2 heterocycles. The number of ether oxygens (including phenoxy) is 1. The highest BCUT2D eigenvalue weighted by Crippen LogP contribution is 2.12. The predicted octanol–water partition coefficient (Wildman–Crippen LogP) is 1.36. The van der Waals surface area contributed by atoms with E-state index in [2.05, 4.69) is 5.32 Å². The van der Waals surface area contributed by atoms with E-state index >= 15 is 0 Å². The molecule has 2 aliphatic rings. The first-order valence-electron chi connectivity index (χ1n) is 6.02. The lowest BCUT2D eigenvalue weighted by molar-refractivity contribution is 0.0713. The molecule has 0 aromatic carbocycles. The first-order valence-corrected chi connectivity index (χ1v) is 6.02. The summed E-state index contributed by atoms with van der Waals surface area (Å²) in [6.45, 7) is 3.54. The molecule has 1 atom stereocenters. The van der Waals surface area contributed by atoms with E-state index in [4.69, 9.17) is 4.74 Å². The summed E-state index contributed by atoms with van der Waals surface area (Å²) in [6.07, 6.45) is 5.69. The fourth-order valence-electron chi connectivity index (χ4n) is 2.20. The van der Waals surface area contributed by atoms with Crippen molar-refractivity contribution in [2.75, 3.05) is 26.2 Å². The third-order valence-corrected chi connectivity index (χ3v) is 3.15. The highest BCUT2D eigenvalue weighted by molar-refractivity contribution is 5.67. The summed E-state index contributed by atoms with van der Waals surface area (Å²) in [5, 5.41) is 3.20. The lowest BCUT2D eigenvalue weighted by Gasteiger charge is -2.21. The minimum atomic E-state index is -0.106. The highest BCUT2D eigenvalue weighted by Gasteiger charge is 2.23. The molecule has 0 spiro atoms. The van der Waals surface area contributed by atoms with Crippen LogP contribution in [0.2, 0.25) is 0 Å². The molecular weight excluding hydrogens is 192 g/mol. The Kier molecular flexibility index (Phi) is 3.83. The Morgan fingerprint density at radius 3 is 2.53 bits per heavy atom. The number of hydrogen-bond acceptors (Lipinski definition) is 3. The second kappa shape index (κ2) is 5.35. The number of amides is 1. The van der Waals surface area contributed by atoms with Crippen LogP contribution in [0.3, 0.4) is 0 Å². The molecule has 4 nitrogen and oxygen atoms in total. The minimum Gasteiger partial charge on any atom is -0.445 e. The van der Waals surface area contributed by atoms with Gasteiger partial charge in [0.05, 0.1) is 0 Å². The maximum atomic E-state index is 11.8. The molecule has 86 valence electrons. The van der Waals surface area contributed by atoms with Gasteiger partial charge in [0.2, 0.25) is 0 Å². The number of hydrogen-bond donors (Lipinski definition) is 1. The zero-order valence-electron chi connectivity index (χ0n) is 9.21. The lowest BCUT2D eigenvalue weighted by atomic mass is 10.2.